The summed E-state index contributed by atoms with van der Waals surface area (Å²) >= 11 is 3.34. The molecule has 0 fully saturated rings. The van der Waals surface area contributed by atoms with Crippen LogP contribution in [0.15, 0.2) is 17.6 Å². The van der Waals surface area contributed by atoms with Gasteiger partial charge in [-0.05, 0) is 19.8 Å². The summed E-state index contributed by atoms with van der Waals surface area (Å²) in [5.74, 6) is 0. The highest BCUT2D eigenvalue weighted by molar-refractivity contribution is 9.09. The zero-order valence-electron chi connectivity index (χ0n) is 9.89. The average Bonchev–Trinajstić information content (AvgIpc) is 2.78. The van der Waals surface area contributed by atoms with Crippen molar-refractivity contribution in [2.75, 3.05) is 11.9 Å². The molecule has 0 aromatic carbocycles. The van der Waals surface area contributed by atoms with Crippen molar-refractivity contribution in [3.05, 3.63) is 12.5 Å². The first kappa shape index (κ1) is 14.7. The molecule has 0 aliphatic heterocycles. The summed E-state index contributed by atoms with van der Waals surface area (Å²) in [5.41, 5.74) is 0. The lowest BCUT2D eigenvalue weighted by Gasteiger charge is -2.03. The lowest BCUT2D eigenvalue weighted by molar-refractivity contribution is 0.573. The van der Waals surface area contributed by atoms with E-state index in [1.807, 2.05) is 6.92 Å². The molecule has 0 unspecified atom stereocenters. The maximum Gasteiger partial charge on any atom is 0.259 e. The molecule has 0 atom stereocenters. The van der Waals surface area contributed by atoms with E-state index in [0.29, 0.717) is 13.1 Å². The minimum Gasteiger partial charge on any atom is -0.336 e. The second-order valence-electron chi connectivity index (χ2n) is 3.69. The fourth-order valence-corrected chi connectivity index (χ4v) is 2.75. The number of unbranched alkanes of at least 4 members (excludes halogenated alkanes) is 2. The van der Waals surface area contributed by atoms with Crippen LogP contribution in [0.2, 0.25) is 0 Å². The number of aryl methyl sites for hydroxylation is 1. The minimum atomic E-state index is -3.43. The Kier molecular flexibility index (Phi) is 6.15. The molecule has 1 aromatic heterocycles. The predicted octanol–water partition coefficient (Wildman–Crippen LogP) is 1.75. The van der Waals surface area contributed by atoms with E-state index in [9.17, 15) is 8.42 Å². The molecule has 1 N–H and O–H groups in total. The molecule has 98 valence electrons. The number of nitrogens with one attached hydrogen (secondary N) is 1. The van der Waals surface area contributed by atoms with Crippen LogP contribution < -0.4 is 4.72 Å². The van der Waals surface area contributed by atoms with Gasteiger partial charge in [0.15, 0.2) is 5.03 Å². The number of sulfonamides is 1. The topological polar surface area (TPSA) is 64.0 Å². The van der Waals surface area contributed by atoms with Gasteiger partial charge < -0.3 is 4.57 Å². The van der Waals surface area contributed by atoms with E-state index in [4.69, 9.17) is 0 Å². The Hall–Kier alpha value is -0.400. The van der Waals surface area contributed by atoms with Crippen LogP contribution in [0.4, 0.5) is 0 Å². The third-order valence-electron chi connectivity index (χ3n) is 2.35. The molecule has 0 spiro atoms. The van der Waals surface area contributed by atoms with Crippen molar-refractivity contribution in [2.45, 2.75) is 37.8 Å². The first-order chi connectivity index (χ1) is 8.10. The first-order valence-electron chi connectivity index (χ1n) is 5.67. The van der Waals surface area contributed by atoms with E-state index >= 15 is 0 Å². The minimum absolute atomic E-state index is 0.0971. The standard InChI is InChI=1S/C10H18BrN3O2S/c1-2-14-8-10(12-9-14)17(15,16)13-7-5-3-4-6-11/h8-9,13H,2-7H2,1H3. The molecule has 0 aliphatic carbocycles. The lowest BCUT2D eigenvalue weighted by Crippen LogP contribution is -2.25. The Bertz CT molecular complexity index is 431. The number of aromatic nitrogens is 2. The normalized spacial score (nSPS) is 11.9. The van der Waals surface area contributed by atoms with Gasteiger partial charge in [-0.1, -0.05) is 22.4 Å². The van der Waals surface area contributed by atoms with Crippen LogP contribution in [0.25, 0.3) is 0 Å². The number of hydrogen-bond donors (Lipinski definition) is 1. The third-order valence-corrected chi connectivity index (χ3v) is 4.26. The molecule has 0 saturated carbocycles. The average molecular weight is 324 g/mol. The summed E-state index contributed by atoms with van der Waals surface area (Å²) < 4.78 is 27.9. The lowest BCUT2D eigenvalue weighted by atomic mass is 10.3. The smallest absolute Gasteiger partial charge is 0.259 e. The van der Waals surface area contributed by atoms with Gasteiger partial charge in [0, 0.05) is 24.6 Å². The Morgan fingerprint density at radius 1 is 1.41 bits per heavy atom. The maximum atomic E-state index is 11.8. The molecular weight excluding hydrogens is 306 g/mol. The van der Waals surface area contributed by atoms with Gasteiger partial charge in [-0.25, -0.2) is 18.1 Å². The molecule has 0 saturated heterocycles. The zero-order valence-corrected chi connectivity index (χ0v) is 12.3. The SMILES string of the molecule is CCn1cnc(S(=O)(=O)NCCCCCBr)c1. The molecular formula is C10H18BrN3O2S. The molecule has 0 amide bonds. The highest BCUT2D eigenvalue weighted by atomic mass is 79.9. The van der Waals surface area contributed by atoms with Gasteiger partial charge in [-0.3, -0.25) is 0 Å². The Labute approximate surface area is 111 Å². The maximum absolute atomic E-state index is 11.8. The summed E-state index contributed by atoms with van der Waals surface area (Å²) in [4.78, 5) is 3.88. The predicted molar refractivity (Wildman–Crippen MR) is 70.7 cm³/mol. The molecule has 0 aliphatic rings. The zero-order chi connectivity index (χ0) is 12.7. The fourth-order valence-electron chi connectivity index (χ4n) is 1.33. The largest absolute Gasteiger partial charge is 0.336 e. The van der Waals surface area contributed by atoms with E-state index in [1.165, 1.54) is 6.33 Å². The van der Waals surface area contributed by atoms with Crippen molar-refractivity contribution < 1.29 is 8.42 Å². The van der Waals surface area contributed by atoms with E-state index in [1.54, 1.807) is 10.8 Å². The van der Waals surface area contributed by atoms with Crippen molar-refractivity contribution in [3.63, 3.8) is 0 Å². The summed E-state index contributed by atoms with van der Waals surface area (Å²) in [5, 5.41) is 1.06. The number of alkyl halides is 1. The Morgan fingerprint density at radius 3 is 2.76 bits per heavy atom. The van der Waals surface area contributed by atoms with Crippen LogP contribution in [0.5, 0.6) is 0 Å². The van der Waals surface area contributed by atoms with Crippen molar-refractivity contribution in [2.24, 2.45) is 0 Å². The highest BCUT2D eigenvalue weighted by Gasteiger charge is 2.15. The van der Waals surface area contributed by atoms with Crippen LogP contribution in [0.3, 0.4) is 0 Å². The van der Waals surface area contributed by atoms with E-state index in [2.05, 4.69) is 25.6 Å². The molecule has 7 heteroatoms. The van der Waals surface area contributed by atoms with Crippen molar-refractivity contribution in [3.8, 4) is 0 Å². The number of imidazole rings is 1. The van der Waals surface area contributed by atoms with Gasteiger partial charge in [0.1, 0.15) is 0 Å². The summed E-state index contributed by atoms with van der Waals surface area (Å²) in [6, 6.07) is 0. The van der Waals surface area contributed by atoms with Gasteiger partial charge in [0.2, 0.25) is 0 Å². The van der Waals surface area contributed by atoms with Crippen LogP contribution >= 0.6 is 15.9 Å². The molecule has 1 heterocycles. The quantitative estimate of drug-likeness (QED) is 0.585. The summed E-state index contributed by atoms with van der Waals surface area (Å²) in [7, 11) is -3.43. The monoisotopic (exact) mass is 323 g/mol. The number of nitrogens with zero attached hydrogens (tertiary/aromatic N) is 2. The van der Waals surface area contributed by atoms with Crippen LogP contribution in [-0.2, 0) is 16.6 Å². The van der Waals surface area contributed by atoms with Crippen molar-refractivity contribution >= 4 is 26.0 Å². The van der Waals surface area contributed by atoms with Crippen LogP contribution in [0, 0.1) is 0 Å². The van der Waals surface area contributed by atoms with Gasteiger partial charge in [-0.15, -0.1) is 0 Å². The number of halogens is 1. The number of rotatable bonds is 8. The number of hydrogen-bond acceptors (Lipinski definition) is 3. The Morgan fingerprint density at radius 2 is 2.18 bits per heavy atom. The van der Waals surface area contributed by atoms with Crippen molar-refractivity contribution in [1.82, 2.24) is 14.3 Å². The fraction of sp³-hybridized carbons (Fsp3) is 0.700. The molecule has 1 rings (SSSR count). The van der Waals surface area contributed by atoms with Gasteiger partial charge in [-0.2, -0.15) is 0 Å². The van der Waals surface area contributed by atoms with Crippen LogP contribution in [-0.4, -0.2) is 29.8 Å². The van der Waals surface area contributed by atoms with E-state index in [0.717, 1.165) is 24.6 Å². The van der Waals surface area contributed by atoms with Crippen LogP contribution in [0.1, 0.15) is 26.2 Å². The van der Waals surface area contributed by atoms with Crippen molar-refractivity contribution in [1.29, 1.82) is 0 Å². The highest BCUT2D eigenvalue weighted by Crippen LogP contribution is 2.05. The van der Waals surface area contributed by atoms with E-state index in [-0.39, 0.29) is 5.03 Å². The third kappa shape index (κ3) is 4.77. The molecule has 17 heavy (non-hydrogen) atoms. The first-order valence-corrected chi connectivity index (χ1v) is 8.28. The molecule has 5 nitrogen and oxygen atoms in total. The van der Waals surface area contributed by atoms with Gasteiger partial charge in [0.05, 0.1) is 6.33 Å². The van der Waals surface area contributed by atoms with E-state index < -0.39 is 10.0 Å². The molecule has 0 radical (unpaired) electrons. The second-order valence-corrected chi connectivity index (χ2v) is 6.20. The summed E-state index contributed by atoms with van der Waals surface area (Å²) in [6.07, 6.45) is 5.99. The van der Waals surface area contributed by atoms with Gasteiger partial charge in [0.25, 0.3) is 10.0 Å². The van der Waals surface area contributed by atoms with Gasteiger partial charge >= 0.3 is 0 Å². The molecule has 0 bridgehead atoms. The molecule has 1 aromatic rings. The summed E-state index contributed by atoms with van der Waals surface area (Å²) in [6.45, 7) is 3.12. The second kappa shape index (κ2) is 7.13. The Balaban J connectivity index is 2.45.